The minimum atomic E-state index is -0.0868. The normalized spacial score (nSPS) is 10.5. The second-order valence-corrected chi connectivity index (χ2v) is 6.41. The maximum absolute atomic E-state index is 11.8. The maximum Gasteiger partial charge on any atom is 0.244 e. The first kappa shape index (κ1) is 17.8. The summed E-state index contributed by atoms with van der Waals surface area (Å²) in [6.07, 6.45) is 3.40. The first-order valence-electron chi connectivity index (χ1n) is 7.78. The quantitative estimate of drug-likeness (QED) is 0.616. The lowest BCUT2D eigenvalue weighted by Crippen LogP contribution is -2.23. The number of amides is 1. The van der Waals surface area contributed by atoms with Crippen molar-refractivity contribution in [2.75, 3.05) is 12.3 Å². The van der Waals surface area contributed by atoms with E-state index >= 15 is 0 Å². The molecular formula is C20H20N2OS. The van der Waals surface area contributed by atoms with E-state index in [1.807, 2.05) is 61.5 Å². The summed E-state index contributed by atoms with van der Waals surface area (Å²) in [7, 11) is 0. The molecule has 0 saturated carbocycles. The van der Waals surface area contributed by atoms with Crippen molar-refractivity contribution in [3.8, 4) is 6.07 Å². The van der Waals surface area contributed by atoms with Crippen LogP contribution in [0.25, 0.3) is 6.08 Å². The third kappa shape index (κ3) is 5.60. The standard InChI is InChI=1S/C20H20N2OS/c1-16-6-2-3-7-17(16)10-11-20(23)22-12-13-24-15-19-9-5-4-8-18(19)14-21/h2-11H,12-13,15H2,1H3,(H,22,23)/b11-10+. The van der Waals surface area contributed by atoms with Crippen molar-refractivity contribution in [2.24, 2.45) is 0 Å². The van der Waals surface area contributed by atoms with Crippen LogP contribution in [0.3, 0.4) is 0 Å². The Hall–Kier alpha value is -2.51. The van der Waals surface area contributed by atoms with Crippen LogP contribution in [0.2, 0.25) is 0 Å². The molecule has 2 aromatic rings. The third-order valence-corrected chi connectivity index (χ3v) is 4.55. The summed E-state index contributed by atoms with van der Waals surface area (Å²) in [5.41, 5.74) is 3.95. The van der Waals surface area contributed by atoms with Gasteiger partial charge in [0.15, 0.2) is 0 Å². The molecule has 0 fully saturated rings. The van der Waals surface area contributed by atoms with E-state index in [0.717, 1.165) is 33.8 Å². The van der Waals surface area contributed by atoms with Crippen LogP contribution in [0.1, 0.15) is 22.3 Å². The highest BCUT2D eigenvalue weighted by molar-refractivity contribution is 7.98. The van der Waals surface area contributed by atoms with Gasteiger partial charge >= 0.3 is 0 Å². The number of nitrogens with one attached hydrogen (secondary N) is 1. The van der Waals surface area contributed by atoms with Gasteiger partial charge < -0.3 is 5.32 Å². The van der Waals surface area contributed by atoms with Crippen LogP contribution >= 0.6 is 11.8 Å². The molecule has 0 aliphatic carbocycles. The molecule has 0 aromatic heterocycles. The first-order chi connectivity index (χ1) is 11.7. The topological polar surface area (TPSA) is 52.9 Å². The Labute approximate surface area is 147 Å². The Morgan fingerprint density at radius 3 is 2.75 bits per heavy atom. The highest BCUT2D eigenvalue weighted by Crippen LogP contribution is 2.15. The van der Waals surface area contributed by atoms with E-state index in [0.29, 0.717) is 6.54 Å². The minimum absolute atomic E-state index is 0.0868. The molecular weight excluding hydrogens is 316 g/mol. The van der Waals surface area contributed by atoms with Gasteiger partial charge in [-0.2, -0.15) is 17.0 Å². The molecule has 0 atom stereocenters. The van der Waals surface area contributed by atoms with Gasteiger partial charge in [-0.05, 0) is 35.8 Å². The molecule has 0 heterocycles. The second-order valence-electron chi connectivity index (χ2n) is 5.30. The van der Waals surface area contributed by atoms with Gasteiger partial charge in [-0.15, -0.1) is 0 Å². The Balaban J connectivity index is 1.70. The number of aryl methyl sites for hydroxylation is 1. The zero-order valence-electron chi connectivity index (χ0n) is 13.7. The summed E-state index contributed by atoms with van der Waals surface area (Å²) >= 11 is 1.70. The average Bonchev–Trinajstić information content (AvgIpc) is 2.61. The van der Waals surface area contributed by atoms with Crippen LogP contribution in [-0.2, 0) is 10.5 Å². The molecule has 0 radical (unpaired) electrons. The molecule has 24 heavy (non-hydrogen) atoms. The number of nitriles is 1. The molecule has 0 saturated heterocycles. The average molecular weight is 336 g/mol. The predicted octanol–water partition coefficient (Wildman–Crippen LogP) is 3.93. The Morgan fingerprint density at radius 1 is 1.21 bits per heavy atom. The van der Waals surface area contributed by atoms with Gasteiger partial charge in [0.1, 0.15) is 0 Å². The zero-order valence-corrected chi connectivity index (χ0v) is 14.5. The van der Waals surface area contributed by atoms with Crippen molar-refractivity contribution < 1.29 is 4.79 Å². The van der Waals surface area contributed by atoms with Gasteiger partial charge in [0.25, 0.3) is 0 Å². The lowest BCUT2D eigenvalue weighted by Gasteiger charge is -2.05. The fraction of sp³-hybridized carbons (Fsp3) is 0.200. The largest absolute Gasteiger partial charge is 0.352 e. The van der Waals surface area contributed by atoms with E-state index in [4.69, 9.17) is 5.26 Å². The summed E-state index contributed by atoms with van der Waals surface area (Å²) in [6.45, 7) is 2.63. The third-order valence-electron chi connectivity index (χ3n) is 3.54. The minimum Gasteiger partial charge on any atom is -0.352 e. The summed E-state index contributed by atoms with van der Waals surface area (Å²) in [6, 6.07) is 17.8. The Morgan fingerprint density at radius 2 is 1.96 bits per heavy atom. The van der Waals surface area contributed by atoms with Crippen LogP contribution in [0.15, 0.2) is 54.6 Å². The smallest absolute Gasteiger partial charge is 0.244 e. The molecule has 0 unspecified atom stereocenters. The number of hydrogen-bond acceptors (Lipinski definition) is 3. The van der Waals surface area contributed by atoms with Crippen molar-refractivity contribution in [2.45, 2.75) is 12.7 Å². The Kier molecular flexibility index (Phi) is 7.13. The summed E-state index contributed by atoms with van der Waals surface area (Å²) in [5, 5.41) is 11.9. The van der Waals surface area contributed by atoms with Gasteiger partial charge in [-0.25, -0.2) is 0 Å². The number of benzene rings is 2. The van der Waals surface area contributed by atoms with Crippen molar-refractivity contribution in [3.05, 3.63) is 76.9 Å². The maximum atomic E-state index is 11.8. The first-order valence-corrected chi connectivity index (χ1v) is 8.93. The molecule has 3 nitrogen and oxygen atoms in total. The number of carbonyl (C=O) groups is 1. The van der Waals surface area contributed by atoms with Crippen molar-refractivity contribution in [3.63, 3.8) is 0 Å². The van der Waals surface area contributed by atoms with Crippen LogP contribution in [0.5, 0.6) is 0 Å². The fourth-order valence-electron chi connectivity index (χ4n) is 2.18. The van der Waals surface area contributed by atoms with E-state index < -0.39 is 0 Å². The molecule has 2 rings (SSSR count). The Bertz CT molecular complexity index is 762. The lowest BCUT2D eigenvalue weighted by molar-refractivity contribution is -0.116. The summed E-state index contributed by atoms with van der Waals surface area (Å²) in [4.78, 5) is 11.8. The predicted molar refractivity (Wildman–Crippen MR) is 101 cm³/mol. The molecule has 4 heteroatoms. The number of nitrogens with zero attached hydrogens (tertiary/aromatic N) is 1. The molecule has 2 aromatic carbocycles. The van der Waals surface area contributed by atoms with Crippen LogP contribution in [0, 0.1) is 18.3 Å². The summed E-state index contributed by atoms with van der Waals surface area (Å²) < 4.78 is 0. The molecule has 0 bridgehead atoms. The fourth-order valence-corrected chi connectivity index (χ4v) is 3.04. The lowest BCUT2D eigenvalue weighted by atomic mass is 10.1. The number of rotatable bonds is 7. The van der Waals surface area contributed by atoms with Crippen LogP contribution in [0.4, 0.5) is 0 Å². The molecule has 0 spiro atoms. The van der Waals surface area contributed by atoms with E-state index in [1.165, 1.54) is 0 Å². The summed E-state index contributed by atoms with van der Waals surface area (Å²) in [5.74, 6) is 1.50. The van der Waals surface area contributed by atoms with Crippen molar-refractivity contribution in [1.29, 1.82) is 5.26 Å². The highest BCUT2D eigenvalue weighted by atomic mass is 32.2. The van der Waals surface area contributed by atoms with Crippen LogP contribution < -0.4 is 5.32 Å². The van der Waals surface area contributed by atoms with E-state index in [9.17, 15) is 4.79 Å². The number of thioether (sulfide) groups is 1. The molecule has 122 valence electrons. The van der Waals surface area contributed by atoms with E-state index in [-0.39, 0.29) is 5.91 Å². The van der Waals surface area contributed by atoms with Gasteiger partial charge in [0.2, 0.25) is 5.91 Å². The van der Waals surface area contributed by atoms with E-state index in [2.05, 4.69) is 11.4 Å². The van der Waals surface area contributed by atoms with E-state index in [1.54, 1.807) is 17.8 Å². The molecule has 1 N–H and O–H groups in total. The molecule has 0 aliphatic rings. The van der Waals surface area contributed by atoms with Gasteiger partial charge in [-0.1, -0.05) is 42.5 Å². The van der Waals surface area contributed by atoms with Gasteiger partial charge in [-0.3, -0.25) is 4.79 Å². The highest BCUT2D eigenvalue weighted by Gasteiger charge is 2.01. The van der Waals surface area contributed by atoms with Crippen LogP contribution in [-0.4, -0.2) is 18.2 Å². The van der Waals surface area contributed by atoms with Gasteiger partial charge in [0.05, 0.1) is 11.6 Å². The molecule has 1 amide bonds. The molecule has 0 aliphatic heterocycles. The number of hydrogen-bond donors (Lipinski definition) is 1. The second kappa shape index (κ2) is 9.59. The monoisotopic (exact) mass is 336 g/mol. The van der Waals surface area contributed by atoms with Crippen molar-refractivity contribution in [1.82, 2.24) is 5.32 Å². The van der Waals surface area contributed by atoms with Gasteiger partial charge in [0, 0.05) is 24.1 Å². The SMILES string of the molecule is Cc1ccccc1/C=C/C(=O)NCCSCc1ccccc1C#N. The van der Waals surface area contributed by atoms with Crippen molar-refractivity contribution >= 4 is 23.7 Å². The number of carbonyl (C=O) groups excluding carboxylic acids is 1. The zero-order chi connectivity index (χ0) is 17.2.